The van der Waals surface area contributed by atoms with E-state index < -0.39 is 0 Å². The van der Waals surface area contributed by atoms with Gasteiger partial charge < -0.3 is 10.3 Å². The van der Waals surface area contributed by atoms with E-state index >= 15 is 0 Å². The number of halogens is 1. The lowest BCUT2D eigenvalue weighted by Crippen LogP contribution is -2.35. The van der Waals surface area contributed by atoms with Crippen LogP contribution < -0.4 is 5.32 Å². The van der Waals surface area contributed by atoms with Crippen molar-refractivity contribution in [2.45, 2.75) is 25.9 Å². The molecule has 1 aromatic heterocycles. The maximum Gasteiger partial charge on any atom is 0.181 e. The van der Waals surface area contributed by atoms with Crippen LogP contribution in [0.5, 0.6) is 0 Å². The number of Topliss-reactive ketones (excluding diaryl/α,β-unsaturated/α-hetero) is 1. The number of fused-ring (bicyclic) bond motifs is 1. The molecule has 0 fully saturated rings. The molecule has 2 aromatic carbocycles. The van der Waals surface area contributed by atoms with Crippen molar-refractivity contribution in [2.75, 3.05) is 0 Å². The van der Waals surface area contributed by atoms with Gasteiger partial charge in [-0.1, -0.05) is 48.0 Å². The number of aromatic amines is 1. The Morgan fingerprint density at radius 2 is 1.78 bits per heavy atom. The normalized spacial score (nSPS) is 13.9. The molecule has 0 amide bonds. The van der Waals surface area contributed by atoms with Crippen molar-refractivity contribution in [3.63, 3.8) is 0 Å². The lowest BCUT2D eigenvalue weighted by Gasteiger charge is -2.20. The second-order valence-corrected chi connectivity index (χ2v) is 6.15. The number of carbonyl (C=O) groups excluding carboxylic acids is 1. The Labute approximate surface area is 140 Å². The summed E-state index contributed by atoms with van der Waals surface area (Å²) in [6.45, 7) is 3.90. The molecule has 0 aliphatic carbocycles. The fourth-order valence-electron chi connectivity index (χ4n) is 2.88. The first kappa shape index (κ1) is 15.8. The number of benzene rings is 2. The summed E-state index contributed by atoms with van der Waals surface area (Å²) < 4.78 is 0. The fraction of sp³-hybridized carbons (Fsp3) is 0.211. The van der Waals surface area contributed by atoms with E-state index in [1.165, 1.54) is 0 Å². The summed E-state index contributed by atoms with van der Waals surface area (Å²) in [4.78, 5) is 15.9. The average molecular weight is 327 g/mol. The summed E-state index contributed by atoms with van der Waals surface area (Å²) in [6, 6.07) is 15.2. The Morgan fingerprint density at radius 3 is 2.57 bits per heavy atom. The van der Waals surface area contributed by atoms with E-state index in [1.54, 1.807) is 6.20 Å². The molecule has 3 aromatic rings. The summed E-state index contributed by atoms with van der Waals surface area (Å²) >= 11 is 6.23. The summed E-state index contributed by atoms with van der Waals surface area (Å²) in [5, 5.41) is 5.00. The topological polar surface area (TPSA) is 44.9 Å². The van der Waals surface area contributed by atoms with Gasteiger partial charge in [0.25, 0.3) is 0 Å². The predicted octanol–water partition coefficient (Wildman–Crippen LogP) is 4.74. The summed E-state index contributed by atoms with van der Waals surface area (Å²) in [6.07, 6.45) is 1.78. The number of nitrogens with one attached hydrogen (secondary N) is 2. The van der Waals surface area contributed by atoms with Gasteiger partial charge in [-0.2, -0.15) is 0 Å². The molecule has 3 nitrogen and oxygen atoms in total. The quantitative estimate of drug-likeness (QED) is 0.665. The van der Waals surface area contributed by atoms with Gasteiger partial charge in [-0.15, -0.1) is 0 Å². The molecule has 4 heteroatoms. The first-order valence-electron chi connectivity index (χ1n) is 7.68. The molecule has 0 aliphatic heterocycles. The molecule has 3 rings (SSSR count). The highest BCUT2D eigenvalue weighted by Crippen LogP contribution is 2.24. The number of hydrogen-bond acceptors (Lipinski definition) is 2. The molecular formula is C19H19ClN2O. The van der Waals surface area contributed by atoms with Crippen molar-refractivity contribution in [3.8, 4) is 0 Å². The van der Waals surface area contributed by atoms with Crippen molar-refractivity contribution in [2.24, 2.45) is 0 Å². The number of hydrogen-bond donors (Lipinski definition) is 2. The lowest BCUT2D eigenvalue weighted by atomic mass is 10.0. The highest BCUT2D eigenvalue weighted by Gasteiger charge is 2.21. The largest absolute Gasteiger partial charge is 0.360 e. The maximum absolute atomic E-state index is 12.8. The summed E-state index contributed by atoms with van der Waals surface area (Å²) in [5.74, 6) is 0.0707. The third-order valence-corrected chi connectivity index (χ3v) is 4.46. The number of carbonyl (C=O) groups is 1. The fourth-order valence-corrected chi connectivity index (χ4v) is 3.17. The van der Waals surface area contributed by atoms with Gasteiger partial charge in [0.05, 0.1) is 6.04 Å². The Balaban J connectivity index is 1.79. The number of rotatable bonds is 5. The monoisotopic (exact) mass is 326 g/mol. The van der Waals surface area contributed by atoms with Crippen LogP contribution in [0, 0.1) is 0 Å². The molecule has 2 N–H and O–H groups in total. The van der Waals surface area contributed by atoms with E-state index in [1.807, 2.05) is 62.4 Å². The molecule has 23 heavy (non-hydrogen) atoms. The van der Waals surface area contributed by atoms with E-state index in [0.717, 1.165) is 16.5 Å². The molecule has 0 saturated heterocycles. The first-order valence-corrected chi connectivity index (χ1v) is 8.06. The van der Waals surface area contributed by atoms with Gasteiger partial charge in [0.2, 0.25) is 0 Å². The standard InChI is InChI=1S/C19H19ClN2O/c1-12(14-7-3-5-9-17(14)20)22-13(2)19(23)16-11-21-18-10-6-4-8-15(16)18/h3-13,21-22H,1-2H3/t12-,13-/m0/s1. The van der Waals surface area contributed by atoms with Gasteiger partial charge in [-0.25, -0.2) is 0 Å². The van der Waals surface area contributed by atoms with E-state index in [0.29, 0.717) is 10.6 Å². The summed E-state index contributed by atoms with van der Waals surface area (Å²) in [5.41, 5.74) is 2.68. The zero-order valence-electron chi connectivity index (χ0n) is 13.1. The second kappa shape index (κ2) is 6.57. The van der Waals surface area contributed by atoms with Crippen LogP contribution in [0.1, 0.15) is 35.8 Å². The van der Waals surface area contributed by atoms with Gasteiger partial charge in [0, 0.05) is 33.7 Å². The molecule has 1 heterocycles. The van der Waals surface area contributed by atoms with E-state index in [4.69, 9.17) is 11.6 Å². The molecule has 0 bridgehead atoms. The predicted molar refractivity (Wildman–Crippen MR) is 95.1 cm³/mol. The number of para-hydroxylation sites is 1. The van der Waals surface area contributed by atoms with Crippen molar-refractivity contribution < 1.29 is 4.79 Å². The van der Waals surface area contributed by atoms with Gasteiger partial charge in [-0.3, -0.25) is 4.79 Å². The molecule has 118 valence electrons. The molecule has 2 atom stereocenters. The molecule has 0 unspecified atom stereocenters. The van der Waals surface area contributed by atoms with Gasteiger partial charge >= 0.3 is 0 Å². The minimum absolute atomic E-state index is 0.00661. The molecule has 0 aliphatic rings. The van der Waals surface area contributed by atoms with Crippen molar-refractivity contribution >= 4 is 28.3 Å². The van der Waals surface area contributed by atoms with E-state index in [2.05, 4.69) is 10.3 Å². The number of aromatic nitrogens is 1. The number of H-pyrrole nitrogens is 1. The van der Waals surface area contributed by atoms with Crippen LogP contribution in [0.15, 0.2) is 54.7 Å². The second-order valence-electron chi connectivity index (χ2n) is 5.74. The Bertz CT molecular complexity index is 840. The smallest absolute Gasteiger partial charge is 0.181 e. The SMILES string of the molecule is C[C@H](N[C@@H](C)c1ccccc1Cl)C(=O)c1c[nH]c2ccccc12. The van der Waals surface area contributed by atoms with Crippen molar-refractivity contribution in [1.29, 1.82) is 0 Å². The first-order chi connectivity index (χ1) is 11.1. The Kier molecular flexibility index (Phi) is 4.51. The zero-order valence-corrected chi connectivity index (χ0v) is 13.9. The van der Waals surface area contributed by atoms with Gasteiger partial charge in [-0.05, 0) is 31.5 Å². The van der Waals surface area contributed by atoms with Crippen molar-refractivity contribution in [3.05, 3.63) is 70.9 Å². The van der Waals surface area contributed by atoms with Crippen LogP contribution in [0.3, 0.4) is 0 Å². The third kappa shape index (κ3) is 3.16. The molecule has 0 saturated carbocycles. The van der Waals surface area contributed by atoms with Crippen LogP contribution in [0.2, 0.25) is 5.02 Å². The highest BCUT2D eigenvalue weighted by molar-refractivity contribution is 6.31. The highest BCUT2D eigenvalue weighted by atomic mass is 35.5. The molecule has 0 spiro atoms. The van der Waals surface area contributed by atoms with E-state index in [9.17, 15) is 4.79 Å². The van der Waals surface area contributed by atoms with Crippen LogP contribution in [0.25, 0.3) is 10.9 Å². The Hall–Kier alpha value is -2.10. The van der Waals surface area contributed by atoms with Crippen LogP contribution in [-0.2, 0) is 0 Å². The van der Waals surface area contributed by atoms with Crippen molar-refractivity contribution in [1.82, 2.24) is 10.3 Å². The van der Waals surface area contributed by atoms with E-state index in [-0.39, 0.29) is 17.9 Å². The third-order valence-electron chi connectivity index (χ3n) is 4.12. The summed E-state index contributed by atoms with van der Waals surface area (Å²) in [7, 11) is 0. The number of ketones is 1. The maximum atomic E-state index is 12.8. The van der Waals surface area contributed by atoms with Gasteiger partial charge in [0.1, 0.15) is 0 Å². The van der Waals surface area contributed by atoms with Gasteiger partial charge in [0.15, 0.2) is 5.78 Å². The van der Waals surface area contributed by atoms with Crippen LogP contribution in [-0.4, -0.2) is 16.8 Å². The Morgan fingerprint density at radius 1 is 1.09 bits per heavy atom. The minimum Gasteiger partial charge on any atom is -0.360 e. The average Bonchev–Trinajstić information content (AvgIpc) is 2.98. The zero-order chi connectivity index (χ0) is 16.4. The lowest BCUT2D eigenvalue weighted by molar-refractivity contribution is 0.0947. The minimum atomic E-state index is -0.305. The van der Waals surface area contributed by atoms with Crippen LogP contribution >= 0.6 is 11.6 Å². The molecular weight excluding hydrogens is 308 g/mol. The van der Waals surface area contributed by atoms with Crippen LogP contribution in [0.4, 0.5) is 0 Å². The molecule has 0 radical (unpaired) electrons.